The van der Waals surface area contributed by atoms with Crippen LogP contribution in [0, 0.1) is 0 Å². The lowest BCUT2D eigenvalue weighted by Crippen LogP contribution is -2.41. The number of nitrogens with one attached hydrogen (secondary N) is 2. The van der Waals surface area contributed by atoms with Gasteiger partial charge in [-0.15, -0.1) is 0 Å². The molecular formula is C19H22N4O4. The largest absolute Gasteiger partial charge is 0.480 e. The van der Waals surface area contributed by atoms with Gasteiger partial charge in [-0.3, -0.25) is 9.59 Å². The Bertz CT molecular complexity index is 803. The Labute approximate surface area is 156 Å². The Morgan fingerprint density at radius 2 is 1.33 bits per heavy atom. The highest BCUT2D eigenvalue weighted by atomic mass is 16.4. The number of benzene rings is 2. The number of nitrogen functional groups attached to an aromatic ring is 2. The summed E-state index contributed by atoms with van der Waals surface area (Å²) < 4.78 is 0. The minimum absolute atomic E-state index is 0.179. The molecule has 0 radical (unpaired) electrons. The summed E-state index contributed by atoms with van der Waals surface area (Å²) in [6.45, 7) is 0.282. The molecule has 2 amide bonds. The molecule has 0 unspecified atom stereocenters. The first-order valence-electron chi connectivity index (χ1n) is 8.40. The Morgan fingerprint density at radius 3 is 1.81 bits per heavy atom. The SMILES string of the molecule is Nc1ccc(C(=O)NCCC[C@H](NC(=O)c2ccc(N)cc2)C(=O)O)cc1. The van der Waals surface area contributed by atoms with E-state index in [1.54, 1.807) is 36.4 Å². The molecule has 8 heteroatoms. The van der Waals surface area contributed by atoms with Gasteiger partial charge in [0.25, 0.3) is 11.8 Å². The molecule has 0 heterocycles. The van der Waals surface area contributed by atoms with Crippen LogP contribution in [0.1, 0.15) is 33.6 Å². The highest BCUT2D eigenvalue weighted by molar-refractivity contribution is 5.97. The summed E-state index contributed by atoms with van der Waals surface area (Å²) in [7, 11) is 0. The highest BCUT2D eigenvalue weighted by Crippen LogP contribution is 2.08. The summed E-state index contributed by atoms with van der Waals surface area (Å²) in [5.41, 5.74) is 13.0. The van der Waals surface area contributed by atoms with Crippen LogP contribution in [0.15, 0.2) is 48.5 Å². The number of carboxylic acid groups (broad SMARTS) is 1. The molecule has 8 nitrogen and oxygen atoms in total. The predicted molar refractivity (Wildman–Crippen MR) is 102 cm³/mol. The molecule has 0 spiro atoms. The number of amides is 2. The van der Waals surface area contributed by atoms with E-state index in [1.165, 1.54) is 12.1 Å². The van der Waals surface area contributed by atoms with Gasteiger partial charge in [0.15, 0.2) is 0 Å². The van der Waals surface area contributed by atoms with Crippen LogP contribution in [-0.4, -0.2) is 35.5 Å². The third-order valence-corrected chi connectivity index (χ3v) is 3.90. The number of carbonyl (C=O) groups is 3. The van der Waals surface area contributed by atoms with Gasteiger partial charge >= 0.3 is 5.97 Å². The van der Waals surface area contributed by atoms with Gasteiger partial charge < -0.3 is 27.2 Å². The molecule has 0 bridgehead atoms. The summed E-state index contributed by atoms with van der Waals surface area (Å²) in [6.07, 6.45) is 0.567. The molecule has 27 heavy (non-hydrogen) atoms. The zero-order chi connectivity index (χ0) is 19.8. The van der Waals surface area contributed by atoms with Gasteiger partial charge in [0.05, 0.1) is 0 Å². The Morgan fingerprint density at radius 1 is 0.852 bits per heavy atom. The average Bonchev–Trinajstić information content (AvgIpc) is 2.64. The molecule has 2 rings (SSSR count). The van der Waals surface area contributed by atoms with Crippen molar-refractivity contribution in [3.63, 3.8) is 0 Å². The van der Waals surface area contributed by atoms with Crippen molar-refractivity contribution in [3.8, 4) is 0 Å². The monoisotopic (exact) mass is 370 g/mol. The van der Waals surface area contributed by atoms with Crippen molar-refractivity contribution in [2.45, 2.75) is 18.9 Å². The zero-order valence-electron chi connectivity index (χ0n) is 14.6. The van der Waals surface area contributed by atoms with Crippen molar-refractivity contribution < 1.29 is 19.5 Å². The number of rotatable bonds is 8. The number of nitrogens with two attached hydrogens (primary N) is 2. The minimum Gasteiger partial charge on any atom is -0.480 e. The van der Waals surface area contributed by atoms with Gasteiger partial charge in [0.2, 0.25) is 0 Å². The van der Waals surface area contributed by atoms with Gasteiger partial charge in [-0.25, -0.2) is 4.79 Å². The van der Waals surface area contributed by atoms with E-state index in [0.29, 0.717) is 28.9 Å². The number of hydrogen-bond donors (Lipinski definition) is 5. The fourth-order valence-electron chi connectivity index (χ4n) is 2.38. The van der Waals surface area contributed by atoms with E-state index in [4.69, 9.17) is 11.5 Å². The van der Waals surface area contributed by atoms with Crippen LogP contribution in [0.25, 0.3) is 0 Å². The maximum absolute atomic E-state index is 12.1. The first-order valence-corrected chi connectivity index (χ1v) is 8.40. The van der Waals surface area contributed by atoms with Crippen molar-refractivity contribution in [1.82, 2.24) is 10.6 Å². The molecule has 0 aliphatic heterocycles. The third kappa shape index (κ3) is 6.03. The predicted octanol–water partition coefficient (Wildman–Crippen LogP) is 1.24. The molecule has 142 valence electrons. The molecule has 0 saturated heterocycles. The normalized spacial score (nSPS) is 11.4. The molecule has 1 atom stereocenters. The summed E-state index contributed by atoms with van der Waals surface area (Å²) >= 11 is 0. The lowest BCUT2D eigenvalue weighted by atomic mass is 10.1. The second kappa shape index (κ2) is 9.23. The molecule has 0 fully saturated rings. The smallest absolute Gasteiger partial charge is 0.326 e. The lowest BCUT2D eigenvalue weighted by molar-refractivity contribution is -0.139. The van der Waals surface area contributed by atoms with E-state index >= 15 is 0 Å². The number of hydrogen-bond acceptors (Lipinski definition) is 5. The average molecular weight is 370 g/mol. The molecule has 0 aliphatic rings. The van der Waals surface area contributed by atoms with E-state index in [0.717, 1.165) is 0 Å². The molecule has 2 aromatic rings. The van der Waals surface area contributed by atoms with Crippen LogP contribution in [0.2, 0.25) is 0 Å². The Hall–Kier alpha value is -3.55. The number of aliphatic carboxylic acids is 1. The van der Waals surface area contributed by atoms with Gasteiger partial charge in [0, 0.05) is 29.0 Å². The van der Waals surface area contributed by atoms with Crippen molar-refractivity contribution in [3.05, 3.63) is 59.7 Å². The van der Waals surface area contributed by atoms with Crippen LogP contribution >= 0.6 is 0 Å². The first-order chi connectivity index (χ1) is 12.9. The summed E-state index contributed by atoms with van der Waals surface area (Å²) in [4.78, 5) is 35.5. The molecule has 7 N–H and O–H groups in total. The minimum atomic E-state index is -1.14. The van der Waals surface area contributed by atoms with Crippen LogP contribution in [-0.2, 0) is 4.79 Å². The summed E-state index contributed by atoms with van der Waals surface area (Å²) in [5, 5.41) is 14.5. The molecular weight excluding hydrogens is 348 g/mol. The van der Waals surface area contributed by atoms with Gasteiger partial charge in [0.1, 0.15) is 6.04 Å². The summed E-state index contributed by atoms with van der Waals surface area (Å²) in [5.74, 6) is -1.90. The Kier molecular flexibility index (Phi) is 6.76. The number of carbonyl (C=O) groups excluding carboxylic acids is 2. The van der Waals surface area contributed by atoms with E-state index in [9.17, 15) is 19.5 Å². The molecule has 0 saturated carbocycles. The van der Waals surface area contributed by atoms with E-state index in [-0.39, 0.29) is 18.9 Å². The van der Waals surface area contributed by atoms with Gasteiger partial charge in [-0.2, -0.15) is 0 Å². The van der Waals surface area contributed by atoms with Crippen LogP contribution in [0.3, 0.4) is 0 Å². The maximum Gasteiger partial charge on any atom is 0.326 e. The second-order valence-electron chi connectivity index (χ2n) is 6.01. The third-order valence-electron chi connectivity index (χ3n) is 3.90. The quantitative estimate of drug-likeness (QED) is 0.349. The lowest BCUT2D eigenvalue weighted by Gasteiger charge is -2.15. The standard InChI is InChI=1S/C19H22N4O4/c20-14-7-3-12(4-8-14)17(24)22-11-1-2-16(19(26)27)23-18(25)13-5-9-15(21)10-6-13/h3-10,16H,1-2,11,20-21H2,(H,22,24)(H,23,25)(H,26,27)/t16-/m0/s1. The maximum atomic E-state index is 12.1. The van der Waals surface area contributed by atoms with E-state index in [2.05, 4.69) is 10.6 Å². The topological polar surface area (TPSA) is 148 Å². The van der Waals surface area contributed by atoms with Crippen molar-refractivity contribution in [2.75, 3.05) is 18.0 Å². The van der Waals surface area contributed by atoms with E-state index < -0.39 is 17.9 Å². The summed E-state index contributed by atoms with van der Waals surface area (Å²) in [6, 6.07) is 11.6. The van der Waals surface area contributed by atoms with Crippen molar-refractivity contribution in [2.24, 2.45) is 0 Å². The van der Waals surface area contributed by atoms with Crippen LogP contribution in [0.4, 0.5) is 11.4 Å². The van der Waals surface area contributed by atoms with Crippen LogP contribution in [0.5, 0.6) is 0 Å². The first kappa shape index (κ1) is 19.8. The van der Waals surface area contributed by atoms with E-state index in [1.807, 2.05) is 0 Å². The van der Waals surface area contributed by atoms with Crippen molar-refractivity contribution in [1.29, 1.82) is 0 Å². The van der Waals surface area contributed by atoms with Crippen LogP contribution < -0.4 is 22.1 Å². The van der Waals surface area contributed by atoms with Gasteiger partial charge in [-0.1, -0.05) is 0 Å². The Balaban J connectivity index is 1.81. The molecule has 2 aromatic carbocycles. The number of carboxylic acids is 1. The molecule has 0 aromatic heterocycles. The fraction of sp³-hybridized carbons (Fsp3) is 0.211. The zero-order valence-corrected chi connectivity index (χ0v) is 14.6. The fourth-order valence-corrected chi connectivity index (χ4v) is 2.38. The molecule has 0 aliphatic carbocycles. The second-order valence-corrected chi connectivity index (χ2v) is 6.01. The highest BCUT2D eigenvalue weighted by Gasteiger charge is 2.20. The number of anilines is 2. The van der Waals surface area contributed by atoms with Crippen molar-refractivity contribution >= 4 is 29.2 Å². The van der Waals surface area contributed by atoms with Gasteiger partial charge in [-0.05, 0) is 61.4 Å².